The number of carbonyl (C=O) groups is 3. The fourth-order valence-electron chi connectivity index (χ4n) is 3.16. The van der Waals surface area contributed by atoms with E-state index in [1.165, 1.54) is 6.92 Å². The van der Waals surface area contributed by atoms with E-state index < -0.39 is 24.2 Å². The monoisotopic (exact) mass is 470 g/mol. The molecule has 0 heterocycles. The largest absolute Gasteiger partial charge is 0.459 e. The maximum absolute atomic E-state index is 12.5. The molecule has 34 heavy (non-hydrogen) atoms. The van der Waals surface area contributed by atoms with E-state index in [2.05, 4.69) is 10.6 Å². The Morgan fingerprint density at radius 1 is 0.853 bits per heavy atom. The first-order valence-electron chi connectivity index (χ1n) is 11.5. The summed E-state index contributed by atoms with van der Waals surface area (Å²) in [5.41, 5.74) is 1.73. The van der Waals surface area contributed by atoms with Crippen molar-refractivity contribution in [2.45, 2.75) is 58.5 Å². The van der Waals surface area contributed by atoms with Gasteiger partial charge in [0.1, 0.15) is 13.2 Å². The van der Waals surface area contributed by atoms with E-state index in [0.29, 0.717) is 25.8 Å². The van der Waals surface area contributed by atoms with Crippen LogP contribution in [-0.2, 0) is 32.3 Å². The normalized spacial score (nSPS) is 13.3. The number of aliphatic hydroxyl groups excluding tert-OH is 1. The highest BCUT2D eigenvalue weighted by molar-refractivity contribution is 5.86. The van der Waals surface area contributed by atoms with Gasteiger partial charge < -0.3 is 25.2 Å². The molecule has 0 aliphatic carbocycles. The molecule has 0 bridgehead atoms. The fourth-order valence-corrected chi connectivity index (χ4v) is 3.16. The van der Waals surface area contributed by atoms with Gasteiger partial charge in [-0.15, -0.1) is 0 Å². The predicted octanol–water partition coefficient (Wildman–Crippen LogP) is 3.33. The van der Waals surface area contributed by atoms with Gasteiger partial charge in [0.25, 0.3) is 0 Å². The molecule has 3 N–H and O–H groups in total. The first-order chi connectivity index (χ1) is 16.4. The molecule has 2 amide bonds. The Labute approximate surface area is 200 Å². The van der Waals surface area contributed by atoms with E-state index in [9.17, 15) is 19.5 Å². The number of ether oxygens (including phenoxy) is 2. The van der Waals surface area contributed by atoms with Gasteiger partial charge in [-0.1, -0.05) is 74.0 Å². The van der Waals surface area contributed by atoms with Crippen molar-refractivity contribution in [3.8, 4) is 0 Å². The maximum Gasteiger partial charge on any atom is 0.407 e. The standard InChI is InChI=1S/C26H34N2O6/c1-19(11-9-10-16-27-26(32)34-18-22-14-7-4-8-15-22)24(30)28-23(20(2)29)25(31)33-17-21-12-5-3-6-13-21/h3-8,12-15,19-20,23,29H,9-11,16-18H2,1-2H3,(H,27,32)(H,28,30)/t19-,20+,23-/m0/s1. The van der Waals surface area contributed by atoms with Crippen molar-refractivity contribution in [3.05, 3.63) is 71.8 Å². The van der Waals surface area contributed by atoms with Gasteiger partial charge in [-0.3, -0.25) is 4.79 Å². The lowest BCUT2D eigenvalue weighted by Gasteiger charge is -2.22. The zero-order valence-electron chi connectivity index (χ0n) is 19.7. The summed E-state index contributed by atoms with van der Waals surface area (Å²) in [4.78, 5) is 36.6. The molecule has 8 nitrogen and oxygen atoms in total. The Kier molecular flexibility index (Phi) is 11.6. The minimum absolute atomic E-state index is 0.0646. The van der Waals surface area contributed by atoms with Gasteiger partial charge in [0.15, 0.2) is 6.04 Å². The quantitative estimate of drug-likeness (QED) is 0.306. The van der Waals surface area contributed by atoms with E-state index in [1.54, 1.807) is 6.92 Å². The number of rotatable bonds is 13. The average Bonchev–Trinajstić information content (AvgIpc) is 2.85. The third kappa shape index (κ3) is 10.0. The van der Waals surface area contributed by atoms with Crippen LogP contribution in [-0.4, -0.2) is 41.8 Å². The number of hydrogen-bond acceptors (Lipinski definition) is 6. The van der Waals surface area contributed by atoms with Gasteiger partial charge >= 0.3 is 12.1 Å². The van der Waals surface area contributed by atoms with Crippen LogP contribution in [0.2, 0.25) is 0 Å². The van der Waals surface area contributed by atoms with Crippen molar-refractivity contribution in [1.82, 2.24) is 10.6 Å². The lowest BCUT2D eigenvalue weighted by atomic mass is 10.0. The van der Waals surface area contributed by atoms with Crippen LogP contribution in [0.5, 0.6) is 0 Å². The van der Waals surface area contributed by atoms with Gasteiger partial charge in [-0.05, 0) is 30.9 Å². The molecular formula is C26H34N2O6. The van der Waals surface area contributed by atoms with Crippen LogP contribution in [0.15, 0.2) is 60.7 Å². The third-order valence-electron chi connectivity index (χ3n) is 5.25. The van der Waals surface area contributed by atoms with Crippen LogP contribution in [0.1, 0.15) is 44.2 Å². The summed E-state index contributed by atoms with van der Waals surface area (Å²) >= 11 is 0. The number of amides is 2. The van der Waals surface area contributed by atoms with Crippen molar-refractivity contribution in [1.29, 1.82) is 0 Å². The Hall–Kier alpha value is -3.39. The van der Waals surface area contributed by atoms with Crippen LogP contribution in [0, 0.1) is 5.92 Å². The van der Waals surface area contributed by atoms with Crippen LogP contribution in [0.3, 0.4) is 0 Å². The molecule has 8 heteroatoms. The molecule has 184 valence electrons. The van der Waals surface area contributed by atoms with Gasteiger partial charge in [0.05, 0.1) is 6.10 Å². The van der Waals surface area contributed by atoms with Crippen molar-refractivity contribution in [2.24, 2.45) is 5.92 Å². The highest BCUT2D eigenvalue weighted by atomic mass is 16.5. The zero-order valence-corrected chi connectivity index (χ0v) is 19.7. The summed E-state index contributed by atoms with van der Waals surface area (Å²) in [5.74, 6) is -1.39. The minimum Gasteiger partial charge on any atom is -0.459 e. The molecule has 2 rings (SSSR count). The van der Waals surface area contributed by atoms with Gasteiger partial charge in [-0.25, -0.2) is 9.59 Å². The number of esters is 1. The van der Waals surface area contributed by atoms with E-state index in [4.69, 9.17) is 9.47 Å². The summed E-state index contributed by atoms with van der Waals surface area (Å²) in [5, 5.41) is 15.2. The van der Waals surface area contributed by atoms with Crippen molar-refractivity contribution in [2.75, 3.05) is 6.54 Å². The Morgan fingerprint density at radius 3 is 1.97 bits per heavy atom. The molecule has 2 aromatic rings. The summed E-state index contributed by atoms with van der Waals surface area (Å²) in [6.07, 6.45) is 0.370. The molecule has 2 aromatic carbocycles. The summed E-state index contributed by atoms with van der Waals surface area (Å²) < 4.78 is 10.4. The number of alkyl carbamates (subject to hydrolysis) is 1. The number of aliphatic hydroxyl groups is 1. The van der Waals surface area contributed by atoms with Crippen LogP contribution in [0.25, 0.3) is 0 Å². The second-order valence-electron chi connectivity index (χ2n) is 8.21. The molecule has 0 saturated heterocycles. The lowest BCUT2D eigenvalue weighted by Crippen LogP contribution is -2.50. The molecule has 0 radical (unpaired) electrons. The Bertz CT molecular complexity index is 889. The molecule has 0 fully saturated rings. The van der Waals surface area contributed by atoms with Crippen molar-refractivity contribution >= 4 is 18.0 Å². The SMILES string of the molecule is C[C@@H](CCCCNC(=O)OCc1ccccc1)C(=O)N[C@H](C(=O)OCc1ccccc1)[C@@H](C)O. The Morgan fingerprint density at radius 2 is 1.41 bits per heavy atom. The third-order valence-corrected chi connectivity index (χ3v) is 5.25. The number of nitrogens with one attached hydrogen (secondary N) is 2. The van der Waals surface area contributed by atoms with E-state index in [0.717, 1.165) is 11.1 Å². The number of hydrogen-bond donors (Lipinski definition) is 3. The molecule has 0 aromatic heterocycles. The molecule has 0 saturated carbocycles. The summed E-state index contributed by atoms with van der Waals surface area (Å²) in [7, 11) is 0. The molecule has 0 spiro atoms. The molecule has 0 unspecified atom stereocenters. The molecule has 0 aliphatic rings. The zero-order chi connectivity index (χ0) is 24.8. The van der Waals surface area contributed by atoms with Crippen LogP contribution in [0.4, 0.5) is 4.79 Å². The van der Waals surface area contributed by atoms with Crippen molar-refractivity contribution < 1.29 is 29.0 Å². The van der Waals surface area contributed by atoms with Crippen molar-refractivity contribution in [3.63, 3.8) is 0 Å². The topological polar surface area (TPSA) is 114 Å². The highest BCUT2D eigenvalue weighted by Crippen LogP contribution is 2.10. The van der Waals surface area contributed by atoms with E-state index >= 15 is 0 Å². The second-order valence-corrected chi connectivity index (χ2v) is 8.21. The van der Waals surface area contributed by atoms with Gasteiger partial charge in [0.2, 0.25) is 5.91 Å². The van der Waals surface area contributed by atoms with E-state index in [1.807, 2.05) is 60.7 Å². The summed E-state index contributed by atoms with van der Waals surface area (Å²) in [6.45, 7) is 3.90. The smallest absolute Gasteiger partial charge is 0.407 e. The molecule has 0 aliphatic heterocycles. The molecule has 3 atom stereocenters. The second kappa shape index (κ2) is 14.7. The Balaban J connectivity index is 1.64. The first-order valence-corrected chi connectivity index (χ1v) is 11.5. The maximum atomic E-state index is 12.5. The molecular weight excluding hydrogens is 436 g/mol. The predicted molar refractivity (Wildman–Crippen MR) is 127 cm³/mol. The highest BCUT2D eigenvalue weighted by Gasteiger charge is 2.28. The summed E-state index contributed by atoms with van der Waals surface area (Å²) in [6, 6.07) is 17.5. The lowest BCUT2D eigenvalue weighted by molar-refractivity contribution is -0.152. The van der Waals surface area contributed by atoms with Crippen LogP contribution >= 0.6 is 0 Å². The number of benzene rings is 2. The van der Waals surface area contributed by atoms with Gasteiger partial charge in [-0.2, -0.15) is 0 Å². The van der Waals surface area contributed by atoms with Crippen LogP contribution < -0.4 is 10.6 Å². The van der Waals surface area contributed by atoms with Gasteiger partial charge in [0, 0.05) is 12.5 Å². The minimum atomic E-state index is -1.14. The average molecular weight is 471 g/mol. The number of carbonyl (C=O) groups excluding carboxylic acids is 3. The first kappa shape index (κ1) is 26.9. The number of unbranched alkanes of at least 4 members (excludes halogenated alkanes) is 1. The fraction of sp³-hybridized carbons (Fsp3) is 0.423. The van der Waals surface area contributed by atoms with E-state index in [-0.39, 0.29) is 25.0 Å².